The molecule has 1 N–H and O–H groups in total. The summed E-state index contributed by atoms with van der Waals surface area (Å²) in [6.07, 6.45) is 3.28. The number of aromatic nitrogens is 4. The van der Waals surface area contributed by atoms with Gasteiger partial charge in [-0.3, -0.25) is 9.59 Å². The number of rotatable bonds is 6. The number of nitrogens with one attached hydrogen (secondary N) is 1. The molecule has 0 bridgehead atoms. The first kappa shape index (κ1) is 21.0. The number of carbonyl (C=O) groups excluding carboxylic acids is 1. The zero-order valence-electron chi connectivity index (χ0n) is 16.9. The van der Waals surface area contributed by atoms with E-state index < -0.39 is 0 Å². The highest BCUT2D eigenvalue weighted by molar-refractivity contribution is 6.30. The molecule has 0 spiro atoms. The fourth-order valence-electron chi connectivity index (χ4n) is 3.65. The molecule has 1 unspecified atom stereocenters. The van der Waals surface area contributed by atoms with E-state index in [0.29, 0.717) is 24.7 Å². The fraction of sp³-hybridized carbons (Fsp3) is 0.318. The van der Waals surface area contributed by atoms with Crippen LogP contribution in [0.15, 0.2) is 59.5 Å². The number of hydrogen-bond acceptors (Lipinski definition) is 6. The molecule has 1 aromatic carbocycles. The molecule has 8 nitrogen and oxygen atoms in total. The third-order valence-corrected chi connectivity index (χ3v) is 5.57. The number of halogens is 1. The highest BCUT2D eigenvalue weighted by atomic mass is 35.5. The van der Waals surface area contributed by atoms with Crippen LogP contribution in [0.1, 0.15) is 12.8 Å². The number of benzene rings is 1. The van der Waals surface area contributed by atoms with E-state index in [1.807, 2.05) is 36.4 Å². The van der Waals surface area contributed by atoms with Crippen molar-refractivity contribution in [2.45, 2.75) is 19.4 Å². The molecule has 0 radical (unpaired) electrons. The van der Waals surface area contributed by atoms with Gasteiger partial charge in [0.05, 0.1) is 18.2 Å². The van der Waals surface area contributed by atoms with Crippen molar-refractivity contribution < 1.29 is 4.79 Å². The van der Waals surface area contributed by atoms with Gasteiger partial charge in [-0.2, -0.15) is 5.10 Å². The monoisotopic (exact) mass is 438 g/mol. The Labute approximate surface area is 184 Å². The van der Waals surface area contributed by atoms with E-state index in [1.54, 1.807) is 12.3 Å². The minimum atomic E-state index is -0.179. The number of hydrogen-bond donors (Lipinski definition) is 1. The lowest BCUT2D eigenvalue weighted by atomic mass is 9.97. The van der Waals surface area contributed by atoms with Gasteiger partial charge in [0.2, 0.25) is 5.91 Å². The number of piperidine rings is 1. The van der Waals surface area contributed by atoms with Crippen LogP contribution in [0, 0.1) is 5.92 Å². The predicted molar refractivity (Wildman–Crippen MR) is 119 cm³/mol. The molecule has 4 rings (SSSR count). The summed E-state index contributed by atoms with van der Waals surface area (Å²) in [4.78, 5) is 26.4. The van der Waals surface area contributed by atoms with E-state index in [4.69, 9.17) is 11.6 Å². The Morgan fingerprint density at radius 3 is 2.71 bits per heavy atom. The van der Waals surface area contributed by atoms with Crippen molar-refractivity contribution in [3.8, 4) is 11.3 Å². The van der Waals surface area contributed by atoms with Gasteiger partial charge in [0.25, 0.3) is 5.56 Å². The molecule has 1 saturated heterocycles. The summed E-state index contributed by atoms with van der Waals surface area (Å²) < 4.78 is 1.34. The van der Waals surface area contributed by atoms with Gasteiger partial charge < -0.3 is 10.2 Å². The Morgan fingerprint density at radius 1 is 1.13 bits per heavy atom. The molecule has 1 amide bonds. The Kier molecular flexibility index (Phi) is 6.57. The summed E-state index contributed by atoms with van der Waals surface area (Å²) in [5, 5.41) is 16.3. The molecular weight excluding hydrogens is 416 g/mol. The second-order valence-electron chi connectivity index (χ2n) is 7.44. The Balaban J connectivity index is 1.33. The molecule has 31 heavy (non-hydrogen) atoms. The van der Waals surface area contributed by atoms with Crippen molar-refractivity contribution in [3.05, 3.63) is 70.1 Å². The van der Waals surface area contributed by atoms with Crippen molar-refractivity contribution in [2.75, 3.05) is 24.5 Å². The van der Waals surface area contributed by atoms with E-state index in [9.17, 15) is 9.59 Å². The third kappa shape index (κ3) is 5.27. The van der Waals surface area contributed by atoms with Gasteiger partial charge in [-0.15, -0.1) is 10.2 Å². The fourth-order valence-corrected chi connectivity index (χ4v) is 3.78. The van der Waals surface area contributed by atoms with Crippen LogP contribution in [-0.4, -0.2) is 45.5 Å². The van der Waals surface area contributed by atoms with Gasteiger partial charge in [-0.1, -0.05) is 23.7 Å². The van der Waals surface area contributed by atoms with Gasteiger partial charge in [0.1, 0.15) is 0 Å². The largest absolute Gasteiger partial charge is 0.354 e. The zero-order chi connectivity index (χ0) is 21.6. The summed E-state index contributed by atoms with van der Waals surface area (Å²) in [6, 6.07) is 14.4. The topological polar surface area (TPSA) is 93.0 Å². The van der Waals surface area contributed by atoms with E-state index in [-0.39, 0.29) is 17.4 Å². The van der Waals surface area contributed by atoms with Crippen molar-refractivity contribution in [2.24, 2.45) is 5.92 Å². The van der Waals surface area contributed by atoms with Crippen LogP contribution in [-0.2, 0) is 11.3 Å². The van der Waals surface area contributed by atoms with Crippen LogP contribution in [0.2, 0.25) is 5.02 Å². The summed E-state index contributed by atoms with van der Waals surface area (Å²) >= 11 is 5.94. The lowest BCUT2D eigenvalue weighted by molar-refractivity contribution is -0.125. The Bertz CT molecular complexity index is 1080. The molecular formula is C22H23ClN6O2. The minimum Gasteiger partial charge on any atom is -0.354 e. The van der Waals surface area contributed by atoms with Gasteiger partial charge in [0, 0.05) is 42.5 Å². The van der Waals surface area contributed by atoms with Crippen LogP contribution < -0.4 is 15.8 Å². The molecule has 1 atom stereocenters. The van der Waals surface area contributed by atoms with Crippen LogP contribution in [0.25, 0.3) is 11.3 Å². The standard InChI is InChI=1S/C22H23ClN6O2/c23-18-7-5-16(6-8-18)19-9-10-20(27-26-19)28-13-2-3-17(15-28)22(31)24-12-14-29-21(30)4-1-11-25-29/h1,4-11,17H,2-3,12-15H2,(H,24,31). The summed E-state index contributed by atoms with van der Waals surface area (Å²) in [6.45, 7) is 2.13. The highest BCUT2D eigenvalue weighted by Gasteiger charge is 2.26. The van der Waals surface area contributed by atoms with Gasteiger partial charge in [-0.25, -0.2) is 4.68 Å². The average molecular weight is 439 g/mol. The zero-order valence-corrected chi connectivity index (χ0v) is 17.7. The van der Waals surface area contributed by atoms with Crippen molar-refractivity contribution >= 4 is 23.3 Å². The Hall–Kier alpha value is -3.26. The van der Waals surface area contributed by atoms with E-state index in [2.05, 4.69) is 25.5 Å². The molecule has 160 valence electrons. The van der Waals surface area contributed by atoms with Crippen molar-refractivity contribution in [1.29, 1.82) is 0 Å². The molecule has 2 aromatic heterocycles. The molecule has 3 aromatic rings. The summed E-state index contributed by atoms with van der Waals surface area (Å²) in [7, 11) is 0. The van der Waals surface area contributed by atoms with Crippen molar-refractivity contribution in [3.63, 3.8) is 0 Å². The number of anilines is 1. The van der Waals surface area contributed by atoms with Crippen LogP contribution in [0.5, 0.6) is 0 Å². The first-order chi connectivity index (χ1) is 15.1. The minimum absolute atomic E-state index is 0.0144. The lowest BCUT2D eigenvalue weighted by Crippen LogP contribution is -2.44. The lowest BCUT2D eigenvalue weighted by Gasteiger charge is -2.32. The SMILES string of the molecule is O=C(NCCn1ncccc1=O)C1CCCN(c2ccc(-c3ccc(Cl)cc3)nn2)C1. The highest BCUT2D eigenvalue weighted by Crippen LogP contribution is 2.24. The van der Waals surface area contributed by atoms with Crippen LogP contribution in [0.4, 0.5) is 5.82 Å². The molecule has 0 aliphatic carbocycles. The molecule has 9 heteroatoms. The normalized spacial score (nSPS) is 16.2. The van der Waals surface area contributed by atoms with Crippen molar-refractivity contribution in [1.82, 2.24) is 25.3 Å². The maximum atomic E-state index is 12.6. The molecule has 3 heterocycles. The molecule has 0 saturated carbocycles. The molecule has 1 fully saturated rings. The molecule has 1 aliphatic rings. The van der Waals surface area contributed by atoms with E-state index in [1.165, 1.54) is 10.7 Å². The maximum absolute atomic E-state index is 12.6. The van der Waals surface area contributed by atoms with Gasteiger partial charge >= 0.3 is 0 Å². The first-order valence-electron chi connectivity index (χ1n) is 10.2. The van der Waals surface area contributed by atoms with E-state index in [0.717, 1.165) is 36.5 Å². The number of carbonyl (C=O) groups is 1. The average Bonchev–Trinajstić information content (AvgIpc) is 2.81. The summed E-state index contributed by atoms with van der Waals surface area (Å²) in [5.41, 5.74) is 1.55. The summed E-state index contributed by atoms with van der Waals surface area (Å²) in [5.74, 6) is 0.613. The van der Waals surface area contributed by atoms with Gasteiger partial charge in [0.15, 0.2) is 5.82 Å². The first-order valence-corrected chi connectivity index (χ1v) is 10.6. The van der Waals surface area contributed by atoms with Gasteiger partial charge in [-0.05, 0) is 43.2 Å². The van der Waals surface area contributed by atoms with Crippen LogP contribution in [0.3, 0.4) is 0 Å². The maximum Gasteiger partial charge on any atom is 0.266 e. The third-order valence-electron chi connectivity index (χ3n) is 5.31. The second-order valence-corrected chi connectivity index (χ2v) is 7.88. The molecule has 1 aliphatic heterocycles. The second kappa shape index (κ2) is 9.70. The van der Waals surface area contributed by atoms with Crippen LogP contribution >= 0.6 is 11.6 Å². The number of nitrogens with zero attached hydrogens (tertiary/aromatic N) is 5. The Morgan fingerprint density at radius 2 is 1.97 bits per heavy atom. The quantitative estimate of drug-likeness (QED) is 0.635. The number of amides is 1. The smallest absolute Gasteiger partial charge is 0.266 e. The van der Waals surface area contributed by atoms with E-state index >= 15 is 0 Å². The predicted octanol–water partition coefficient (Wildman–Crippen LogP) is 2.39.